The van der Waals surface area contributed by atoms with E-state index in [-0.39, 0.29) is 11.0 Å². The van der Waals surface area contributed by atoms with Crippen LogP contribution >= 0.6 is 0 Å². The van der Waals surface area contributed by atoms with Crippen molar-refractivity contribution in [3.8, 4) is 0 Å². The fraction of sp³-hybridized carbons (Fsp3) is 1.00. The highest BCUT2D eigenvalue weighted by atomic mass is 28.1. The van der Waals surface area contributed by atoms with Crippen molar-refractivity contribution in [2.75, 3.05) is 0 Å². The Kier molecular flexibility index (Phi) is 2.56. The Balaban J connectivity index is 0.000000160. The second-order valence-corrected chi connectivity index (χ2v) is 1.41. The van der Waals surface area contributed by atoms with E-state index in [2.05, 4.69) is 0 Å². The van der Waals surface area contributed by atoms with Gasteiger partial charge in [-0.1, -0.05) is 25.7 Å². The normalized spacial score (nSPS) is 19.2. The topological polar surface area (TPSA) is 0 Å². The van der Waals surface area contributed by atoms with Gasteiger partial charge in [0.05, 0.1) is 0 Å². The van der Waals surface area contributed by atoms with Crippen molar-refractivity contribution >= 4 is 11.0 Å². The van der Waals surface area contributed by atoms with Gasteiger partial charge in [-0.25, -0.2) is 0 Å². The molecule has 5 heavy (non-hydrogen) atoms. The minimum absolute atomic E-state index is 0. The molecule has 1 rings (SSSR count). The van der Waals surface area contributed by atoms with Crippen LogP contribution in [0, 0.1) is 0 Å². The molecule has 0 heterocycles. The van der Waals surface area contributed by atoms with Crippen molar-refractivity contribution in [1.29, 1.82) is 0 Å². The molecule has 0 radical (unpaired) electrons. The molecule has 0 aromatic carbocycles. The van der Waals surface area contributed by atoms with Crippen molar-refractivity contribution in [2.45, 2.75) is 25.7 Å². The van der Waals surface area contributed by atoms with Gasteiger partial charge in [-0.3, -0.25) is 0 Å². The van der Waals surface area contributed by atoms with E-state index < -0.39 is 0 Å². The van der Waals surface area contributed by atoms with Crippen LogP contribution in [0.5, 0.6) is 0 Å². The molecule has 32 valence electrons. The van der Waals surface area contributed by atoms with Crippen LogP contribution in [0.2, 0.25) is 0 Å². The summed E-state index contributed by atoms with van der Waals surface area (Å²) in [6.07, 6.45) is 6.00. The van der Waals surface area contributed by atoms with E-state index in [1.54, 1.807) is 0 Å². The lowest BCUT2D eigenvalue weighted by Gasteiger charge is -2.05. The van der Waals surface area contributed by atoms with Gasteiger partial charge in [0.1, 0.15) is 0 Å². The van der Waals surface area contributed by atoms with Crippen LogP contribution in [-0.2, 0) is 0 Å². The Morgan fingerprint density at radius 3 is 0.800 bits per heavy atom. The third-order valence-corrected chi connectivity index (χ3v) is 1.000. The molecule has 0 atom stereocenters. The largest absolute Gasteiger partial charge is 0.0533 e. The molecule has 0 amide bonds. The number of hydrogen-bond acceptors (Lipinski definition) is 0. The molecular formula is C4H12Si. The van der Waals surface area contributed by atoms with Crippen molar-refractivity contribution in [3.63, 3.8) is 0 Å². The zero-order valence-corrected chi connectivity index (χ0v) is 2.83. The molecule has 0 unspecified atom stereocenters. The predicted octanol–water partition coefficient (Wildman–Crippen LogP) is 0.109. The van der Waals surface area contributed by atoms with Gasteiger partial charge >= 0.3 is 0 Å². The average Bonchev–Trinajstić information content (AvgIpc) is 0.722. The molecule has 1 fully saturated rings. The quantitative estimate of drug-likeness (QED) is 0.369. The summed E-state index contributed by atoms with van der Waals surface area (Å²) in [4.78, 5) is 0. The van der Waals surface area contributed by atoms with Gasteiger partial charge in [-0.05, 0) is 11.0 Å². The smallest absolute Gasteiger partial charge is 0.0149 e. The highest BCUT2D eigenvalue weighted by molar-refractivity contribution is 5.75. The summed E-state index contributed by atoms with van der Waals surface area (Å²) in [6, 6.07) is 0. The maximum Gasteiger partial charge on any atom is -0.0149 e. The van der Waals surface area contributed by atoms with Gasteiger partial charge in [0.2, 0.25) is 0 Å². The monoisotopic (exact) mass is 88.1 g/mol. The summed E-state index contributed by atoms with van der Waals surface area (Å²) in [5.41, 5.74) is 0. The SMILES string of the molecule is C1CCC1.[SiH4]. The molecule has 1 aliphatic carbocycles. The van der Waals surface area contributed by atoms with Crippen LogP contribution in [0.1, 0.15) is 25.7 Å². The van der Waals surface area contributed by atoms with Crippen LogP contribution in [0.25, 0.3) is 0 Å². The Morgan fingerprint density at radius 1 is 0.600 bits per heavy atom. The van der Waals surface area contributed by atoms with Crippen molar-refractivity contribution in [1.82, 2.24) is 0 Å². The molecule has 0 saturated heterocycles. The van der Waals surface area contributed by atoms with E-state index in [4.69, 9.17) is 0 Å². The number of hydrogen-bond donors (Lipinski definition) is 0. The highest BCUT2D eigenvalue weighted by Gasteiger charge is 1.95. The molecule has 0 nitrogen and oxygen atoms in total. The van der Waals surface area contributed by atoms with Crippen LogP contribution < -0.4 is 0 Å². The molecule has 1 saturated carbocycles. The lowest BCUT2D eigenvalue weighted by atomic mass is 10.0. The fourth-order valence-corrected chi connectivity index (χ4v) is 0.250. The first-order valence-corrected chi connectivity index (χ1v) is 2.00. The minimum Gasteiger partial charge on any atom is -0.0533 e. The lowest BCUT2D eigenvalue weighted by molar-refractivity contribution is 0.504. The van der Waals surface area contributed by atoms with Crippen LogP contribution in [0.15, 0.2) is 0 Å². The zero-order chi connectivity index (χ0) is 2.83. The minimum atomic E-state index is 0. The Labute approximate surface area is 37.6 Å². The number of rotatable bonds is 0. The summed E-state index contributed by atoms with van der Waals surface area (Å²) in [6.45, 7) is 0. The lowest BCUT2D eigenvalue weighted by Crippen LogP contribution is -1.85. The molecule has 1 aliphatic rings. The Morgan fingerprint density at radius 2 is 0.800 bits per heavy atom. The summed E-state index contributed by atoms with van der Waals surface area (Å²) >= 11 is 0. The van der Waals surface area contributed by atoms with Gasteiger partial charge in [0.25, 0.3) is 0 Å². The fourth-order valence-electron chi connectivity index (χ4n) is 0.250. The molecule has 1 heteroatoms. The first kappa shape index (κ1) is 5.22. The molecule has 0 spiro atoms. The Bertz CT molecular complexity index is 11.6. The second-order valence-electron chi connectivity index (χ2n) is 1.41. The summed E-state index contributed by atoms with van der Waals surface area (Å²) in [7, 11) is 0. The van der Waals surface area contributed by atoms with Crippen molar-refractivity contribution in [3.05, 3.63) is 0 Å². The van der Waals surface area contributed by atoms with E-state index >= 15 is 0 Å². The van der Waals surface area contributed by atoms with Gasteiger partial charge in [-0.15, -0.1) is 0 Å². The van der Waals surface area contributed by atoms with Crippen LogP contribution in [-0.4, -0.2) is 11.0 Å². The van der Waals surface area contributed by atoms with Crippen molar-refractivity contribution in [2.24, 2.45) is 0 Å². The van der Waals surface area contributed by atoms with Crippen LogP contribution in [0.3, 0.4) is 0 Å². The van der Waals surface area contributed by atoms with E-state index in [0.29, 0.717) is 0 Å². The standard InChI is InChI=1S/C4H8.H4Si/c1-2-4-3-1;/h1-4H2;1H4. The summed E-state index contributed by atoms with van der Waals surface area (Å²) in [5.74, 6) is 0. The zero-order valence-electron chi connectivity index (χ0n) is 2.83. The highest BCUT2D eigenvalue weighted by Crippen LogP contribution is 2.15. The van der Waals surface area contributed by atoms with Gasteiger partial charge < -0.3 is 0 Å². The molecular weight excluding hydrogens is 76.1 g/mol. The third kappa shape index (κ3) is 1.17. The third-order valence-electron chi connectivity index (χ3n) is 1.000. The van der Waals surface area contributed by atoms with Gasteiger partial charge in [0.15, 0.2) is 0 Å². The average molecular weight is 88.2 g/mol. The molecule has 0 aliphatic heterocycles. The summed E-state index contributed by atoms with van der Waals surface area (Å²) < 4.78 is 0. The van der Waals surface area contributed by atoms with E-state index in [1.165, 1.54) is 25.7 Å². The van der Waals surface area contributed by atoms with E-state index in [9.17, 15) is 0 Å². The maximum atomic E-state index is 1.50. The second kappa shape index (κ2) is 2.45. The van der Waals surface area contributed by atoms with Crippen LogP contribution in [0.4, 0.5) is 0 Å². The van der Waals surface area contributed by atoms with E-state index in [0.717, 1.165) is 0 Å². The van der Waals surface area contributed by atoms with E-state index in [1.807, 2.05) is 0 Å². The Hall–Kier alpha value is 0.217. The first-order chi connectivity index (χ1) is 2.00. The predicted molar refractivity (Wildman–Crippen MR) is 29.8 cm³/mol. The molecule has 0 aromatic rings. The maximum absolute atomic E-state index is 1.50. The van der Waals surface area contributed by atoms with Gasteiger partial charge in [0, 0.05) is 0 Å². The molecule has 0 aromatic heterocycles. The molecule has 0 bridgehead atoms. The first-order valence-electron chi connectivity index (χ1n) is 2.00. The summed E-state index contributed by atoms with van der Waals surface area (Å²) in [5, 5.41) is 0. The van der Waals surface area contributed by atoms with Gasteiger partial charge in [-0.2, -0.15) is 0 Å². The molecule has 0 N–H and O–H groups in total. The van der Waals surface area contributed by atoms with Crippen molar-refractivity contribution < 1.29 is 0 Å².